The van der Waals surface area contributed by atoms with Crippen molar-refractivity contribution in [3.63, 3.8) is 0 Å². The number of ether oxygens (including phenoxy) is 1. The van der Waals surface area contributed by atoms with E-state index in [1.807, 2.05) is 0 Å². The third-order valence-electron chi connectivity index (χ3n) is 4.85. The molecule has 1 saturated carbocycles. The van der Waals surface area contributed by atoms with Crippen molar-refractivity contribution < 1.29 is 9.13 Å². The molecular weight excluding hydrogens is 265 g/mol. The molecule has 0 bridgehead atoms. The highest BCUT2D eigenvalue weighted by molar-refractivity contribution is 5.39. The van der Waals surface area contributed by atoms with Crippen molar-refractivity contribution in [2.75, 3.05) is 0 Å². The van der Waals surface area contributed by atoms with E-state index in [9.17, 15) is 4.39 Å². The molecule has 0 amide bonds. The van der Waals surface area contributed by atoms with Gasteiger partial charge in [0.2, 0.25) is 0 Å². The second kappa shape index (κ2) is 4.45. The summed E-state index contributed by atoms with van der Waals surface area (Å²) in [5.41, 5.74) is 7.42. The van der Waals surface area contributed by atoms with Crippen LogP contribution < -0.4 is 10.5 Å². The van der Waals surface area contributed by atoms with Crippen molar-refractivity contribution in [1.82, 2.24) is 0 Å². The summed E-state index contributed by atoms with van der Waals surface area (Å²) in [6.45, 7) is 9.24. The lowest BCUT2D eigenvalue weighted by atomic mass is 9.58. The zero-order valence-corrected chi connectivity index (χ0v) is 13.5. The number of rotatable bonds is 0. The Bertz CT molecular complexity index is 548. The Kier molecular flexibility index (Phi) is 3.14. The fraction of sp³-hybridized carbons (Fsp3) is 0.667. The van der Waals surface area contributed by atoms with Crippen molar-refractivity contribution in [2.45, 2.75) is 65.0 Å². The van der Waals surface area contributed by atoms with Crippen LogP contribution in [0.25, 0.3) is 0 Å². The van der Waals surface area contributed by atoms with Crippen LogP contribution in [-0.4, -0.2) is 5.60 Å². The van der Waals surface area contributed by atoms with Crippen LogP contribution in [0.2, 0.25) is 0 Å². The molecule has 1 aliphatic heterocycles. The maximum Gasteiger partial charge on any atom is 0.125 e. The van der Waals surface area contributed by atoms with Gasteiger partial charge in [-0.1, -0.05) is 27.7 Å². The summed E-state index contributed by atoms with van der Waals surface area (Å²) in [5, 5.41) is 0. The van der Waals surface area contributed by atoms with E-state index in [0.29, 0.717) is 0 Å². The van der Waals surface area contributed by atoms with Crippen LogP contribution in [0.1, 0.15) is 65.0 Å². The van der Waals surface area contributed by atoms with E-state index in [-0.39, 0.29) is 28.3 Å². The minimum atomic E-state index is -0.243. The molecule has 1 heterocycles. The van der Waals surface area contributed by atoms with E-state index >= 15 is 0 Å². The molecule has 1 fully saturated rings. The van der Waals surface area contributed by atoms with Gasteiger partial charge in [0.1, 0.15) is 17.2 Å². The lowest BCUT2D eigenvalue weighted by Crippen LogP contribution is -2.52. The van der Waals surface area contributed by atoms with E-state index < -0.39 is 0 Å². The minimum Gasteiger partial charge on any atom is -0.487 e. The van der Waals surface area contributed by atoms with Crippen LogP contribution in [0.15, 0.2) is 18.2 Å². The first-order valence-electron chi connectivity index (χ1n) is 7.84. The number of nitrogens with two attached hydrogens (primary N) is 1. The van der Waals surface area contributed by atoms with Crippen molar-refractivity contribution in [2.24, 2.45) is 16.6 Å². The molecule has 1 atom stereocenters. The molecule has 2 nitrogen and oxygen atoms in total. The van der Waals surface area contributed by atoms with E-state index in [4.69, 9.17) is 10.5 Å². The highest BCUT2D eigenvalue weighted by atomic mass is 19.1. The fourth-order valence-electron chi connectivity index (χ4n) is 5.13. The average Bonchev–Trinajstić information content (AvgIpc) is 2.25. The van der Waals surface area contributed by atoms with Gasteiger partial charge in [-0.2, -0.15) is 0 Å². The van der Waals surface area contributed by atoms with Crippen LogP contribution >= 0.6 is 0 Å². The first-order chi connectivity index (χ1) is 9.60. The lowest BCUT2D eigenvalue weighted by molar-refractivity contribution is -0.0840. The fourth-order valence-corrected chi connectivity index (χ4v) is 5.13. The van der Waals surface area contributed by atoms with Gasteiger partial charge >= 0.3 is 0 Å². The number of halogens is 1. The zero-order valence-electron chi connectivity index (χ0n) is 13.5. The number of hydrogen-bond acceptors (Lipinski definition) is 2. The van der Waals surface area contributed by atoms with Gasteiger partial charge in [-0.05, 0) is 48.3 Å². The highest BCUT2D eigenvalue weighted by Crippen LogP contribution is 2.55. The summed E-state index contributed by atoms with van der Waals surface area (Å²) in [6.07, 6.45) is 3.98. The third-order valence-corrected chi connectivity index (χ3v) is 4.85. The average molecular weight is 291 g/mol. The van der Waals surface area contributed by atoms with Gasteiger partial charge in [-0.3, -0.25) is 0 Å². The van der Waals surface area contributed by atoms with Crippen LogP contribution in [-0.2, 0) is 0 Å². The SMILES string of the molecule is CC1(C)CC(C)(C)CC2(C[C@@H](N)c3cc(F)ccc3O2)C1. The largest absolute Gasteiger partial charge is 0.487 e. The molecule has 21 heavy (non-hydrogen) atoms. The number of hydrogen-bond donors (Lipinski definition) is 1. The summed E-state index contributed by atoms with van der Waals surface area (Å²) in [4.78, 5) is 0. The molecule has 2 aliphatic rings. The van der Waals surface area contributed by atoms with Crippen LogP contribution in [0.4, 0.5) is 4.39 Å². The van der Waals surface area contributed by atoms with E-state index in [2.05, 4.69) is 27.7 Å². The lowest BCUT2D eigenvalue weighted by Gasteiger charge is -2.54. The smallest absolute Gasteiger partial charge is 0.125 e. The predicted octanol–water partition coefficient (Wildman–Crippen LogP) is 4.58. The van der Waals surface area contributed by atoms with Crippen LogP contribution in [0, 0.1) is 16.6 Å². The van der Waals surface area contributed by atoms with Gasteiger partial charge in [-0.15, -0.1) is 0 Å². The Morgan fingerprint density at radius 2 is 1.71 bits per heavy atom. The monoisotopic (exact) mass is 291 g/mol. The Morgan fingerprint density at radius 3 is 2.33 bits per heavy atom. The van der Waals surface area contributed by atoms with Crippen LogP contribution in [0.3, 0.4) is 0 Å². The predicted molar refractivity (Wildman–Crippen MR) is 82.7 cm³/mol. The normalized spacial score (nSPS) is 28.8. The van der Waals surface area contributed by atoms with Gasteiger partial charge < -0.3 is 10.5 Å². The van der Waals surface area contributed by atoms with Gasteiger partial charge in [0.15, 0.2) is 0 Å². The standard InChI is InChI=1S/C18H26FNO/c1-16(2)9-17(3,4)11-18(10-16)8-14(20)13-7-12(19)5-6-15(13)21-18/h5-7,14H,8-11,20H2,1-4H3/t14-/m1/s1. The molecule has 116 valence electrons. The Labute approximate surface area is 126 Å². The molecule has 3 heteroatoms. The Hall–Kier alpha value is -1.09. The molecule has 2 N–H and O–H groups in total. The molecule has 0 radical (unpaired) electrons. The Balaban J connectivity index is 1.99. The maximum absolute atomic E-state index is 13.4. The third kappa shape index (κ3) is 2.80. The molecule has 1 aromatic carbocycles. The summed E-state index contributed by atoms with van der Waals surface area (Å²) in [5.74, 6) is 0.525. The molecule has 0 aromatic heterocycles. The van der Waals surface area contributed by atoms with Gasteiger partial charge in [0.05, 0.1) is 0 Å². The quantitative estimate of drug-likeness (QED) is 0.759. The first kappa shape index (κ1) is 14.8. The summed E-state index contributed by atoms with van der Waals surface area (Å²) >= 11 is 0. The Morgan fingerprint density at radius 1 is 1.10 bits per heavy atom. The second-order valence-electron chi connectivity index (χ2n) is 8.64. The highest BCUT2D eigenvalue weighted by Gasteiger charge is 2.51. The molecule has 1 aliphatic carbocycles. The second-order valence-corrected chi connectivity index (χ2v) is 8.64. The molecule has 1 spiro atoms. The van der Waals surface area contributed by atoms with E-state index in [0.717, 1.165) is 30.6 Å². The molecule has 0 saturated heterocycles. The topological polar surface area (TPSA) is 35.2 Å². The number of fused-ring (bicyclic) bond motifs is 1. The molecule has 0 unspecified atom stereocenters. The zero-order chi connectivity index (χ0) is 15.5. The van der Waals surface area contributed by atoms with Gasteiger partial charge in [0, 0.05) is 18.0 Å². The van der Waals surface area contributed by atoms with Crippen molar-refractivity contribution in [3.05, 3.63) is 29.6 Å². The first-order valence-corrected chi connectivity index (χ1v) is 7.84. The van der Waals surface area contributed by atoms with Crippen LogP contribution in [0.5, 0.6) is 5.75 Å². The number of benzene rings is 1. The van der Waals surface area contributed by atoms with Crippen molar-refractivity contribution in [1.29, 1.82) is 0 Å². The van der Waals surface area contributed by atoms with Gasteiger partial charge in [-0.25, -0.2) is 4.39 Å². The summed E-state index contributed by atoms with van der Waals surface area (Å²) in [7, 11) is 0. The van der Waals surface area contributed by atoms with Crippen molar-refractivity contribution in [3.8, 4) is 5.75 Å². The van der Waals surface area contributed by atoms with Gasteiger partial charge in [0.25, 0.3) is 0 Å². The van der Waals surface area contributed by atoms with Crippen molar-refractivity contribution >= 4 is 0 Å². The summed E-state index contributed by atoms with van der Waals surface area (Å²) < 4.78 is 19.8. The molecule has 1 aromatic rings. The molecule has 3 rings (SSSR count). The molecular formula is C18H26FNO. The summed E-state index contributed by atoms with van der Waals surface area (Å²) in [6, 6.07) is 4.57. The van der Waals surface area contributed by atoms with E-state index in [1.54, 1.807) is 6.07 Å². The minimum absolute atomic E-state index is 0.144. The van der Waals surface area contributed by atoms with E-state index in [1.165, 1.54) is 18.6 Å². The maximum atomic E-state index is 13.4.